The molecular weight excluding hydrogens is 232 g/mol. The van der Waals surface area contributed by atoms with E-state index in [0.717, 1.165) is 16.9 Å². The van der Waals surface area contributed by atoms with E-state index < -0.39 is 0 Å². The minimum Gasteiger partial charge on any atom is -0.319 e. The van der Waals surface area contributed by atoms with Crippen LogP contribution >= 0.6 is 15.9 Å². The Morgan fingerprint density at radius 2 is 2.54 bits per heavy atom. The highest BCUT2D eigenvalue weighted by molar-refractivity contribution is 9.11. The van der Waals surface area contributed by atoms with E-state index in [9.17, 15) is 0 Å². The fraction of sp³-hybridized carbons (Fsp3) is 0.500. The standard InChI is InChI=1S/C8H13BrN4/c1-6(9)4-10-7(2)8-12-11-5-13(8)3/h5,7,10H,1,4H2,2-3H3. The van der Waals surface area contributed by atoms with Gasteiger partial charge in [0.15, 0.2) is 0 Å². The molecule has 1 aromatic heterocycles. The first-order valence-electron chi connectivity index (χ1n) is 4.02. The summed E-state index contributed by atoms with van der Waals surface area (Å²) >= 11 is 3.28. The van der Waals surface area contributed by atoms with E-state index in [1.807, 2.05) is 18.5 Å². The van der Waals surface area contributed by atoms with E-state index in [1.165, 1.54) is 0 Å². The van der Waals surface area contributed by atoms with Crippen molar-refractivity contribution in [3.8, 4) is 0 Å². The molecule has 0 amide bonds. The van der Waals surface area contributed by atoms with Crippen molar-refractivity contribution in [3.05, 3.63) is 23.2 Å². The Kier molecular flexibility index (Phi) is 3.62. The molecule has 0 spiro atoms. The fourth-order valence-electron chi connectivity index (χ4n) is 1.04. The highest BCUT2D eigenvalue weighted by Crippen LogP contribution is 2.08. The Bertz CT molecular complexity index is 294. The zero-order valence-electron chi connectivity index (χ0n) is 7.79. The van der Waals surface area contributed by atoms with Gasteiger partial charge >= 0.3 is 0 Å². The third-order valence-corrected chi connectivity index (χ3v) is 2.01. The van der Waals surface area contributed by atoms with Gasteiger partial charge in [-0.05, 0) is 6.92 Å². The summed E-state index contributed by atoms with van der Waals surface area (Å²) in [5.41, 5.74) is 0. The second kappa shape index (κ2) is 4.53. The quantitative estimate of drug-likeness (QED) is 0.871. The smallest absolute Gasteiger partial charge is 0.149 e. The first-order chi connectivity index (χ1) is 6.11. The normalized spacial score (nSPS) is 12.8. The number of halogens is 1. The molecule has 0 fully saturated rings. The molecule has 1 N–H and O–H groups in total. The van der Waals surface area contributed by atoms with Crippen LogP contribution in [0, 0.1) is 0 Å². The van der Waals surface area contributed by atoms with E-state index in [0.29, 0.717) is 0 Å². The van der Waals surface area contributed by atoms with Crippen LogP contribution in [-0.4, -0.2) is 21.3 Å². The lowest BCUT2D eigenvalue weighted by Crippen LogP contribution is -2.22. The van der Waals surface area contributed by atoms with Gasteiger partial charge in [0.2, 0.25) is 0 Å². The topological polar surface area (TPSA) is 42.7 Å². The fourth-order valence-corrected chi connectivity index (χ4v) is 1.20. The minimum absolute atomic E-state index is 0.182. The predicted molar refractivity (Wildman–Crippen MR) is 55.5 cm³/mol. The van der Waals surface area contributed by atoms with Crippen molar-refractivity contribution in [1.82, 2.24) is 20.1 Å². The van der Waals surface area contributed by atoms with Gasteiger partial charge in [-0.2, -0.15) is 0 Å². The third-order valence-electron chi connectivity index (χ3n) is 1.73. The molecule has 0 aromatic carbocycles. The Balaban J connectivity index is 2.53. The summed E-state index contributed by atoms with van der Waals surface area (Å²) in [6.45, 7) is 6.51. The zero-order chi connectivity index (χ0) is 9.84. The number of aryl methyl sites for hydroxylation is 1. The summed E-state index contributed by atoms with van der Waals surface area (Å²) in [7, 11) is 1.93. The molecule has 72 valence electrons. The van der Waals surface area contributed by atoms with Crippen LogP contribution in [0.3, 0.4) is 0 Å². The van der Waals surface area contributed by atoms with Gasteiger partial charge in [-0.25, -0.2) is 0 Å². The molecule has 0 aliphatic heterocycles. The average Bonchev–Trinajstić information content (AvgIpc) is 2.47. The van der Waals surface area contributed by atoms with Crippen LogP contribution in [0.4, 0.5) is 0 Å². The molecule has 0 radical (unpaired) electrons. The van der Waals surface area contributed by atoms with E-state index >= 15 is 0 Å². The second-order valence-electron chi connectivity index (χ2n) is 2.92. The maximum atomic E-state index is 4.00. The van der Waals surface area contributed by atoms with Gasteiger partial charge in [0.25, 0.3) is 0 Å². The Morgan fingerprint density at radius 1 is 1.85 bits per heavy atom. The van der Waals surface area contributed by atoms with Crippen LogP contribution < -0.4 is 5.32 Å². The molecule has 0 saturated heterocycles. The van der Waals surface area contributed by atoms with Crippen LogP contribution in [0.2, 0.25) is 0 Å². The Labute approximate surface area is 86.2 Å². The number of nitrogens with one attached hydrogen (secondary N) is 1. The molecular formula is C8H13BrN4. The molecule has 0 saturated carbocycles. The van der Waals surface area contributed by atoms with E-state index in [2.05, 4.69) is 38.0 Å². The molecule has 1 aromatic rings. The molecule has 0 aliphatic rings. The van der Waals surface area contributed by atoms with Gasteiger partial charge in [0, 0.05) is 18.1 Å². The average molecular weight is 245 g/mol. The second-order valence-corrected chi connectivity index (χ2v) is 4.04. The largest absolute Gasteiger partial charge is 0.319 e. The highest BCUT2D eigenvalue weighted by atomic mass is 79.9. The number of rotatable bonds is 4. The number of nitrogens with zero attached hydrogens (tertiary/aromatic N) is 3. The number of hydrogen-bond acceptors (Lipinski definition) is 3. The molecule has 1 atom stereocenters. The van der Waals surface area contributed by atoms with Crippen LogP contribution in [0.15, 0.2) is 17.4 Å². The first-order valence-corrected chi connectivity index (χ1v) is 4.81. The Hall–Kier alpha value is -0.680. The van der Waals surface area contributed by atoms with Crippen LogP contribution in [0.25, 0.3) is 0 Å². The van der Waals surface area contributed by atoms with Gasteiger partial charge in [0.1, 0.15) is 12.2 Å². The maximum Gasteiger partial charge on any atom is 0.149 e. The van der Waals surface area contributed by atoms with Gasteiger partial charge < -0.3 is 9.88 Å². The lowest BCUT2D eigenvalue weighted by Gasteiger charge is -2.11. The first kappa shape index (κ1) is 10.4. The van der Waals surface area contributed by atoms with E-state index in [-0.39, 0.29) is 6.04 Å². The molecule has 5 heteroatoms. The summed E-state index contributed by atoms with van der Waals surface area (Å²) in [5.74, 6) is 0.925. The van der Waals surface area contributed by atoms with Crippen molar-refractivity contribution in [2.75, 3.05) is 6.54 Å². The SMILES string of the molecule is C=C(Br)CNC(C)c1nncn1C. The van der Waals surface area contributed by atoms with Crippen molar-refractivity contribution in [1.29, 1.82) is 0 Å². The van der Waals surface area contributed by atoms with E-state index in [1.54, 1.807) is 6.33 Å². The van der Waals surface area contributed by atoms with Crippen molar-refractivity contribution in [2.24, 2.45) is 7.05 Å². The van der Waals surface area contributed by atoms with Gasteiger partial charge in [-0.3, -0.25) is 0 Å². The number of aromatic nitrogens is 3. The van der Waals surface area contributed by atoms with Crippen molar-refractivity contribution < 1.29 is 0 Å². The monoisotopic (exact) mass is 244 g/mol. The van der Waals surface area contributed by atoms with E-state index in [4.69, 9.17) is 0 Å². The summed E-state index contributed by atoms with van der Waals surface area (Å²) in [4.78, 5) is 0. The van der Waals surface area contributed by atoms with Crippen molar-refractivity contribution in [3.63, 3.8) is 0 Å². The maximum absolute atomic E-state index is 4.00. The Morgan fingerprint density at radius 3 is 3.00 bits per heavy atom. The summed E-state index contributed by atoms with van der Waals surface area (Å²) in [6.07, 6.45) is 1.69. The van der Waals surface area contributed by atoms with Crippen molar-refractivity contribution in [2.45, 2.75) is 13.0 Å². The lowest BCUT2D eigenvalue weighted by atomic mass is 10.3. The van der Waals surface area contributed by atoms with Gasteiger partial charge in [-0.1, -0.05) is 22.5 Å². The van der Waals surface area contributed by atoms with Gasteiger partial charge in [-0.15, -0.1) is 10.2 Å². The summed E-state index contributed by atoms with van der Waals surface area (Å²) < 4.78 is 2.83. The zero-order valence-corrected chi connectivity index (χ0v) is 9.37. The summed E-state index contributed by atoms with van der Waals surface area (Å²) in [6, 6.07) is 0.182. The van der Waals surface area contributed by atoms with Gasteiger partial charge in [0.05, 0.1) is 6.04 Å². The molecule has 13 heavy (non-hydrogen) atoms. The molecule has 0 aliphatic carbocycles. The van der Waals surface area contributed by atoms with Crippen LogP contribution in [0.1, 0.15) is 18.8 Å². The molecule has 1 heterocycles. The molecule has 4 nitrogen and oxygen atoms in total. The highest BCUT2D eigenvalue weighted by Gasteiger charge is 2.09. The number of hydrogen-bond donors (Lipinski definition) is 1. The lowest BCUT2D eigenvalue weighted by molar-refractivity contribution is 0.558. The molecule has 1 unspecified atom stereocenters. The van der Waals surface area contributed by atoms with Crippen molar-refractivity contribution >= 4 is 15.9 Å². The minimum atomic E-state index is 0.182. The van der Waals surface area contributed by atoms with Crippen LogP contribution in [-0.2, 0) is 7.05 Å². The third kappa shape index (κ3) is 2.93. The predicted octanol–water partition coefficient (Wildman–Crippen LogP) is 1.37. The summed E-state index contributed by atoms with van der Waals surface area (Å²) in [5, 5.41) is 11.1. The molecule has 0 bridgehead atoms. The molecule has 1 rings (SSSR count). The van der Waals surface area contributed by atoms with Crippen LogP contribution in [0.5, 0.6) is 0 Å².